The molecular formula is C20H25N5O2S. The molecule has 0 spiro atoms. The number of carbonyl (C=O) groups is 1. The van der Waals surface area contributed by atoms with E-state index in [1.165, 1.54) is 36.2 Å². The molecule has 0 bridgehead atoms. The van der Waals surface area contributed by atoms with E-state index in [2.05, 4.69) is 35.5 Å². The lowest BCUT2D eigenvalue weighted by molar-refractivity contribution is -0.135. The van der Waals surface area contributed by atoms with Gasteiger partial charge in [-0.1, -0.05) is 54.4 Å². The maximum Gasteiger partial charge on any atom is 0.323 e. The molecule has 3 aromatic rings. The molecule has 7 nitrogen and oxygen atoms in total. The van der Waals surface area contributed by atoms with Crippen LogP contribution in [0.15, 0.2) is 24.3 Å². The van der Waals surface area contributed by atoms with E-state index in [9.17, 15) is 4.79 Å². The molecular weight excluding hydrogens is 374 g/mol. The fourth-order valence-corrected chi connectivity index (χ4v) is 4.59. The molecule has 28 heavy (non-hydrogen) atoms. The lowest BCUT2D eigenvalue weighted by Crippen LogP contribution is -2.25. The molecule has 2 aromatic heterocycles. The molecule has 4 rings (SSSR count). The molecule has 0 unspecified atom stereocenters. The van der Waals surface area contributed by atoms with Crippen molar-refractivity contribution >= 4 is 33.2 Å². The smallest absolute Gasteiger partial charge is 0.323 e. The highest BCUT2D eigenvalue weighted by Gasteiger charge is 2.23. The maximum absolute atomic E-state index is 11.0. The Bertz CT molecular complexity index is 990. The number of nitrogens with one attached hydrogen (secondary N) is 1. The SMILES string of the molecule is Cc1cccc(-c2nc3sc(N(C)CC(=O)O)nn3c2NC2CCCCC2)c1. The zero-order valence-corrected chi connectivity index (χ0v) is 17.0. The minimum Gasteiger partial charge on any atom is -0.480 e. The summed E-state index contributed by atoms with van der Waals surface area (Å²) in [5.41, 5.74) is 3.16. The molecule has 2 heterocycles. The first kappa shape index (κ1) is 18.7. The monoisotopic (exact) mass is 399 g/mol. The third-order valence-electron chi connectivity index (χ3n) is 5.13. The Labute approximate surface area is 168 Å². The van der Waals surface area contributed by atoms with Crippen LogP contribution in [0.5, 0.6) is 0 Å². The Balaban J connectivity index is 1.75. The van der Waals surface area contributed by atoms with Crippen LogP contribution in [0.25, 0.3) is 16.2 Å². The minimum atomic E-state index is -0.878. The van der Waals surface area contributed by atoms with Gasteiger partial charge in [0.15, 0.2) is 5.82 Å². The molecule has 1 aliphatic carbocycles. The van der Waals surface area contributed by atoms with Crippen LogP contribution < -0.4 is 10.2 Å². The standard InChI is InChI=1S/C20H25N5O2S/c1-13-7-6-8-14(11-13)17-18(21-15-9-4-3-5-10-15)25-19(22-17)28-20(23-25)24(2)12-16(26)27/h6-8,11,15,21H,3-5,9-10,12H2,1-2H3,(H,26,27). The zero-order chi connectivity index (χ0) is 19.7. The van der Waals surface area contributed by atoms with Crippen molar-refractivity contribution in [3.63, 3.8) is 0 Å². The van der Waals surface area contributed by atoms with Crippen LogP contribution >= 0.6 is 11.3 Å². The summed E-state index contributed by atoms with van der Waals surface area (Å²) in [4.78, 5) is 18.3. The number of aryl methyl sites for hydroxylation is 1. The number of carboxylic acids is 1. The quantitative estimate of drug-likeness (QED) is 0.651. The van der Waals surface area contributed by atoms with Gasteiger partial charge in [0.05, 0.1) is 0 Å². The Morgan fingerprint density at radius 1 is 1.36 bits per heavy atom. The number of rotatable bonds is 6. The van der Waals surface area contributed by atoms with Crippen molar-refractivity contribution in [3.05, 3.63) is 29.8 Å². The predicted molar refractivity (Wildman–Crippen MR) is 112 cm³/mol. The molecule has 0 amide bonds. The maximum atomic E-state index is 11.0. The molecule has 1 aromatic carbocycles. The summed E-state index contributed by atoms with van der Waals surface area (Å²) in [6, 6.07) is 8.74. The van der Waals surface area contributed by atoms with Crippen LogP contribution in [-0.4, -0.2) is 45.3 Å². The average molecular weight is 400 g/mol. The van der Waals surface area contributed by atoms with Crippen molar-refractivity contribution in [1.29, 1.82) is 0 Å². The number of nitrogens with zero attached hydrogens (tertiary/aromatic N) is 4. The summed E-state index contributed by atoms with van der Waals surface area (Å²) in [5, 5.41) is 18.1. The first-order valence-electron chi connectivity index (χ1n) is 9.67. The second-order valence-corrected chi connectivity index (χ2v) is 8.42. The van der Waals surface area contributed by atoms with Gasteiger partial charge in [-0.3, -0.25) is 4.79 Å². The van der Waals surface area contributed by atoms with Crippen LogP contribution in [0.1, 0.15) is 37.7 Å². The highest BCUT2D eigenvalue weighted by molar-refractivity contribution is 7.20. The highest BCUT2D eigenvalue weighted by atomic mass is 32.1. The number of imidazole rings is 1. The molecule has 0 aliphatic heterocycles. The van der Waals surface area contributed by atoms with Crippen molar-refractivity contribution in [2.24, 2.45) is 0 Å². The van der Waals surface area contributed by atoms with E-state index in [1.807, 2.05) is 10.6 Å². The zero-order valence-electron chi connectivity index (χ0n) is 16.2. The fraction of sp³-hybridized carbons (Fsp3) is 0.450. The summed E-state index contributed by atoms with van der Waals surface area (Å²) in [5.74, 6) is 0.0232. The highest BCUT2D eigenvalue weighted by Crippen LogP contribution is 2.35. The van der Waals surface area contributed by atoms with E-state index in [1.54, 1.807) is 11.9 Å². The summed E-state index contributed by atoms with van der Waals surface area (Å²) >= 11 is 1.41. The van der Waals surface area contributed by atoms with Crippen LogP contribution in [0.2, 0.25) is 0 Å². The number of hydrogen-bond donors (Lipinski definition) is 2. The van der Waals surface area contributed by atoms with E-state index in [-0.39, 0.29) is 6.54 Å². The summed E-state index contributed by atoms with van der Waals surface area (Å²) < 4.78 is 1.84. The van der Waals surface area contributed by atoms with E-state index >= 15 is 0 Å². The average Bonchev–Trinajstić information content (AvgIpc) is 3.22. The van der Waals surface area contributed by atoms with Crippen molar-refractivity contribution in [3.8, 4) is 11.3 Å². The molecule has 8 heteroatoms. The van der Waals surface area contributed by atoms with E-state index < -0.39 is 5.97 Å². The van der Waals surface area contributed by atoms with E-state index in [0.29, 0.717) is 11.2 Å². The van der Waals surface area contributed by atoms with E-state index in [4.69, 9.17) is 10.1 Å². The van der Waals surface area contributed by atoms with Crippen LogP contribution in [-0.2, 0) is 4.79 Å². The molecule has 1 saturated carbocycles. The van der Waals surface area contributed by atoms with Gasteiger partial charge in [-0.2, -0.15) is 4.52 Å². The van der Waals surface area contributed by atoms with Gasteiger partial charge < -0.3 is 15.3 Å². The molecule has 1 aliphatic rings. The van der Waals surface area contributed by atoms with Crippen molar-refractivity contribution in [2.75, 3.05) is 23.8 Å². The normalized spacial score (nSPS) is 15.1. The lowest BCUT2D eigenvalue weighted by Gasteiger charge is -2.23. The number of fused-ring (bicyclic) bond motifs is 1. The number of benzene rings is 1. The lowest BCUT2D eigenvalue weighted by atomic mass is 9.95. The molecule has 2 N–H and O–H groups in total. The van der Waals surface area contributed by atoms with Crippen LogP contribution in [0.4, 0.5) is 10.9 Å². The topological polar surface area (TPSA) is 82.8 Å². The molecule has 1 fully saturated rings. The third kappa shape index (κ3) is 3.82. The second-order valence-electron chi connectivity index (χ2n) is 7.49. The first-order valence-corrected chi connectivity index (χ1v) is 10.5. The molecule has 0 saturated heterocycles. The van der Waals surface area contributed by atoms with Gasteiger partial charge in [0.25, 0.3) is 0 Å². The molecule has 0 atom stereocenters. The minimum absolute atomic E-state index is 0.0905. The summed E-state index contributed by atoms with van der Waals surface area (Å²) in [6.07, 6.45) is 6.07. The number of hydrogen-bond acceptors (Lipinski definition) is 6. The van der Waals surface area contributed by atoms with Gasteiger partial charge in [-0.25, -0.2) is 4.98 Å². The second kappa shape index (κ2) is 7.79. The van der Waals surface area contributed by atoms with Gasteiger partial charge in [0, 0.05) is 18.7 Å². The van der Waals surface area contributed by atoms with Crippen molar-refractivity contribution < 1.29 is 9.90 Å². The largest absolute Gasteiger partial charge is 0.480 e. The Hall–Kier alpha value is -2.61. The number of aromatic nitrogens is 3. The van der Waals surface area contributed by atoms with Gasteiger partial charge in [-0.15, -0.1) is 5.10 Å². The predicted octanol–water partition coefficient (Wildman–Crippen LogP) is 4.03. The third-order valence-corrected chi connectivity index (χ3v) is 6.15. The first-order chi connectivity index (χ1) is 13.5. The number of carboxylic acid groups (broad SMARTS) is 1. The van der Waals surface area contributed by atoms with E-state index in [0.717, 1.165) is 34.9 Å². The van der Waals surface area contributed by atoms with Gasteiger partial charge in [0.2, 0.25) is 10.1 Å². The number of likely N-dealkylation sites (N-methyl/N-ethyl adjacent to an activating group) is 1. The summed E-state index contributed by atoms with van der Waals surface area (Å²) in [7, 11) is 1.74. The van der Waals surface area contributed by atoms with Crippen LogP contribution in [0, 0.1) is 6.92 Å². The van der Waals surface area contributed by atoms with Gasteiger partial charge in [-0.05, 0) is 25.8 Å². The Kier molecular flexibility index (Phi) is 5.21. The summed E-state index contributed by atoms with van der Waals surface area (Å²) in [6.45, 7) is 1.99. The van der Waals surface area contributed by atoms with Gasteiger partial charge in [0.1, 0.15) is 12.2 Å². The van der Waals surface area contributed by atoms with Crippen LogP contribution in [0.3, 0.4) is 0 Å². The number of anilines is 2. The van der Waals surface area contributed by atoms with Gasteiger partial charge >= 0.3 is 5.97 Å². The van der Waals surface area contributed by atoms with Crippen molar-refractivity contribution in [1.82, 2.24) is 14.6 Å². The van der Waals surface area contributed by atoms with Crippen molar-refractivity contribution in [2.45, 2.75) is 45.1 Å². The molecule has 0 radical (unpaired) electrons. The fourth-order valence-electron chi connectivity index (χ4n) is 3.73. The Morgan fingerprint density at radius 3 is 2.86 bits per heavy atom. The molecule has 148 valence electrons. The Morgan fingerprint density at radius 2 is 2.14 bits per heavy atom. The number of aliphatic carboxylic acids is 1.